The SMILES string of the molecule is Cc1cc(C(=O)N2CCC(C(N)=O)CC2)c(C)n1-c1ccc(C(C)C)cc1. The molecule has 5 heteroatoms. The van der Waals surface area contributed by atoms with E-state index in [0.717, 1.165) is 22.6 Å². The van der Waals surface area contributed by atoms with Crippen molar-refractivity contribution in [2.24, 2.45) is 11.7 Å². The third-order valence-corrected chi connectivity index (χ3v) is 5.66. The number of primary amides is 1. The van der Waals surface area contributed by atoms with Crippen molar-refractivity contribution in [2.45, 2.75) is 46.5 Å². The lowest BCUT2D eigenvalue weighted by Gasteiger charge is -2.30. The highest BCUT2D eigenvalue weighted by Gasteiger charge is 2.28. The first-order valence-corrected chi connectivity index (χ1v) is 9.67. The van der Waals surface area contributed by atoms with Crippen LogP contribution in [0.2, 0.25) is 0 Å². The molecule has 2 N–H and O–H groups in total. The predicted octanol–water partition coefficient (Wildman–Crippen LogP) is 3.56. The zero-order valence-electron chi connectivity index (χ0n) is 16.7. The summed E-state index contributed by atoms with van der Waals surface area (Å²) in [5, 5.41) is 0. The highest BCUT2D eigenvalue weighted by atomic mass is 16.2. The fraction of sp³-hybridized carbons (Fsp3) is 0.455. The molecule has 27 heavy (non-hydrogen) atoms. The Morgan fingerprint density at radius 2 is 1.67 bits per heavy atom. The van der Waals surface area contributed by atoms with Crippen molar-refractivity contribution in [3.05, 3.63) is 52.8 Å². The smallest absolute Gasteiger partial charge is 0.255 e. The zero-order valence-corrected chi connectivity index (χ0v) is 16.7. The lowest BCUT2D eigenvalue weighted by molar-refractivity contribution is -0.123. The molecule has 3 rings (SSSR count). The number of benzene rings is 1. The number of nitrogens with zero attached hydrogens (tertiary/aromatic N) is 2. The minimum absolute atomic E-state index is 0.0380. The van der Waals surface area contributed by atoms with E-state index in [1.165, 1.54) is 5.56 Å². The molecule has 1 aromatic carbocycles. The standard InChI is InChI=1S/C22H29N3O2/c1-14(2)17-5-7-19(8-6-17)25-15(3)13-20(16(25)4)22(27)24-11-9-18(10-12-24)21(23)26/h5-8,13-14,18H,9-12H2,1-4H3,(H2,23,26). The molecule has 0 radical (unpaired) electrons. The molecular weight excluding hydrogens is 338 g/mol. The Morgan fingerprint density at radius 1 is 1.07 bits per heavy atom. The van der Waals surface area contributed by atoms with Crippen LogP contribution in [0.25, 0.3) is 5.69 Å². The van der Waals surface area contributed by atoms with Crippen molar-refractivity contribution < 1.29 is 9.59 Å². The van der Waals surface area contributed by atoms with Gasteiger partial charge in [0, 0.05) is 36.1 Å². The van der Waals surface area contributed by atoms with Crippen molar-refractivity contribution in [3.63, 3.8) is 0 Å². The highest BCUT2D eigenvalue weighted by molar-refractivity contribution is 5.96. The van der Waals surface area contributed by atoms with Crippen molar-refractivity contribution in [1.82, 2.24) is 9.47 Å². The summed E-state index contributed by atoms with van der Waals surface area (Å²) in [6.07, 6.45) is 1.30. The number of likely N-dealkylation sites (tertiary alicyclic amines) is 1. The van der Waals surface area contributed by atoms with Crippen LogP contribution in [0.15, 0.2) is 30.3 Å². The maximum Gasteiger partial charge on any atom is 0.255 e. The van der Waals surface area contributed by atoms with Gasteiger partial charge < -0.3 is 15.2 Å². The number of aromatic nitrogens is 1. The van der Waals surface area contributed by atoms with E-state index in [1.54, 1.807) is 0 Å². The summed E-state index contributed by atoms with van der Waals surface area (Å²) in [5.41, 5.74) is 10.5. The molecule has 0 atom stereocenters. The first kappa shape index (κ1) is 19.2. The number of nitrogens with two attached hydrogens (primary N) is 1. The maximum atomic E-state index is 13.0. The number of hydrogen-bond acceptors (Lipinski definition) is 2. The van der Waals surface area contributed by atoms with Crippen LogP contribution in [0.5, 0.6) is 0 Å². The third-order valence-electron chi connectivity index (χ3n) is 5.66. The number of hydrogen-bond donors (Lipinski definition) is 1. The molecule has 1 saturated heterocycles. The fourth-order valence-corrected chi connectivity index (χ4v) is 3.92. The van der Waals surface area contributed by atoms with E-state index in [0.29, 0.717) is 31.8 Å². The third kappa shape index (κ3) is 3.77. The van der Waals surface area contributed by atoms with E-state index >= 15 is 0 Å². The molecule has 0 unspecified atom stereocenters. The number of carbonyl (C=O) groups is 2. The van der Waals surface area contributed by atoms with E-state index in [2.05, 4.69) is 42.7 Å². The van der Waals surface area contributed by atoms with Crippen LogP contribution in [-0.2, 0) is 4.79 Å². The molecule has 1 aromatic heterocycles. The molecule has 2 aromatic rings. The Balaban J connectivity index is 1.83. The first-order valence-electron chi connectivity index (χ1n) is 9.67. The van der Waals surface area contributed by atoms with E-state index in [4.69, 9.17) is 5.73 Å². The van der Waals surface area contributed by atoms with Crippen LogP contribution < -0.4 is 5.73 Å². The molecule has 0 aliphatic carbocycles. The topological polar surface area (TPSA) is 68.3 Å². The van der Waals surface area contributed by atoms with Gasteiger partial charge in [0.2, 0.25) is 5.91 Å². The minimum atomic E-state index is -0.259. The Hall–Kier alpha value is -2.56. The van der Waals surface area contributed by atoms with Crippen LogP contribution in [0, 0.1) is 19.8 Å². The Morgan fingerprint density at radius 3 is 2.19 bits per heavy atom. The van der Waals surface area contributed by atoms with Crippen molar-refractivity contribution >= 4 is 11.8 Å². The molecule has 2 amide bonds. The van der Waals surface area contributed by atoms with Gasteiger partial charge in [-0.05, 0) is 56.4 Å². The molecular formula is C22H29N3O2. The van der Waals surface area contributed by atoms with Crippen LogP contribution in [-0.4, -0.2) is 34.4 Å². The van der Waals surface area contributed by atoms with Gasteiger partial charge in [-0.25, -0.2) is 0 Å². The molecule has 2 heterocycles. The Bertz CT molecular complexity index is 841. The number of carbonyl (C=O) groups excluding carboxylic acids is 2. The molecule has 0 saturated carbocycles. The number of amides is 2. The van der Waals surface area contributed by atoms with Gasteiger partial charge in [0.15, 0.2) is 0 Å². The quantitative estimate of drug-likeness (QED) is 0.898. The van der Waals surface area contributed by atoms with Gasteiger partial charge in [-0.3, -0.25) is 9.59 Å². The predicted molar refractivity (Wildman–Crippen MR) is 107 cm³/mol. The normalized spacial score (nSPS) is 15.4. The summed E-state index contributed by atoms with van der Waals surface area (Å²) in [6.45, 7) is 9.54. The zero-order chi connectivity index (χ0) is 19.7. The summed E-state index contributed by atoms with van der Waals surface area (Å²) in [6, 6.07) is 10.5. The van der Waals surface area contributed by atoms with Crippen molar-refractivity contribution in [2.75, 3.05) is 13.1 Å². The van der Waals surface area contributed by atoms with Gasteiger partial charge in [-0.15, -0.1) is 0 Å². The Kier molecular flexibility index (Phi) is 5.40. The van der Waals surface area contributed by atoms with Gasteiger partial charge >= 0.3 is 0 Å². The van der Waals surface area contributed by atoms with E-state index in [1.807, 2.05) is 24.8 Å². The second-order valence-corrected chi connectivity index (χ2v) is 7.84. The van der Waals surface area contributed by atoms with Gasteiger partial charge in [0.1, 0.15) is 0 Å². The molecule has 1 fully saturated rings. The fourth-order valence-electron chi connectivity index (χ4n) is 3.92. The van der Waals surface area contributed by atoms with Crippen molar-refractivity contribution in [1.29, 1.82) is 0 Å². The molecule has 5 nitrogen and oxygen atoms in total. The molecule has 0 spiro atoms. The van der Waals surface area contributed by atoms with Crippen LogP contribution in [0.3, 0.4) is 0 Å². The number of piperidine rings is 1. The largest absolute Gasteiger partial charge is 0.369 e. The van der Waals surface area contributed by atoms with E-state index in [-0.39, 0.29) is 17.7 Å². The van der Waals surface area contributed by atoms with Crippen LogP contribution >= 0.6 is 0 Å². The van der Waals surface area contributed by atoms with Gasteiger partial charge in [0.25, 0.3) is 5.91 Å². The number of rotatable bonds is 4. The molecule has 144 valence electrons. The summed E-state index contributed by atoms with van der Waals surface area (Å²) in [5.74, 6) is 0.161. The second kappa shape index (κ2) is 7.59. The minimum Gasteiger partial charge on any atom is -0.369 e. The average Bonchev–Trinajstić information content (AvgIpc) is 2.95. The molecule has 1 aliphatic rings. The Labute approximate surface area is 161 Å². The monoisotopic (exact) mass is 367 g/mol. The maximum absolute atomic E-state index is 13.0. The van der Waals surface area contributed by atoms with Crippen LogP contribution in [0.1, 0.15) is 59.9 Å². The lowest BCUT2D eigenvalue weighted by atomic mass is 9.96. The number of aryl methyl sites for hydroxylation is 1. The van der Waals surface area contributed by atoms with Gasteiger partial charge in [-0.1, -0.05) is 26.0 Å². The van der Waals surface area contributed by atoms with E-state index in [9.17, 15) is 9.59 Å². The summed E-state index contributed by atoms with van der Waals surface area (Å²) < 4.78 is 2.13. The molecule has 1 aliphatic heterocycles. The van der Waals surface area contributed by atoms with Gasteiger partial charge in [-0.2, -0.15) is 0 Å². The lowest BCUT2D eigenvalue weighted by Crippen LogP contribution is -2.41. The summed E-state index contributed by atoms with van der Waals surface area (Å²) in [7, 11) is 0. The van der Waals surface area contributed by atoms with E-state index < -0.39 is 0 Å². The second-order valence-electron chi connectivity index (χ2n) is 7.84. The summed E-state index contributed by atoms with van der Waals surface area (Å²) in [4.78, 5) is 26.2. The average molecular weight is 367 g/mol. The highest BCUT2D eigenvalue weighted by Crippen LogP contribution is 2.25. The van der Waals surface area contributed by atoms with Crippen LogP contribution in [0.4, 0.5) is 0 Å². The first-order chi connectivity index (χ1) is 12.8. The van der Waals surface area contributed by atoms with Gasteiger partial charge in [0.05, 0.1) is 5.56 Å². The molecule has 0 bridgehead atoms. The van der Waals surface area contributed by atoms with Crippen molar-refractivity contribution in [3.8, 4) is 5.69 Å². The summed E-state index contributed by atoms with van der Waals surface area (Å²) >= 11 is 0.